The molecule has 2 aromatic carbocycles. The number of para-hydroxylation sites is 1. The number of amides is 1. The van der Waals surface area contributed by atoms with Gasteiger partial charge in [0.2, 0.25) is 11.9 Å². The van der Waals surface area contributed by atoms with Gasteiger partial charge in [0.05, 0.1) is 22.3 Å². The first-order valence-corrected chi connectivity index (χ1v) is 14.4. The summed E-state index contributed by atoms with van der Waals surface area (Å²) in [6.07, 6.45) is 1.55. The predicted molar refractivity (Wildman–Crippen MR) is 163 cm³/mol. The van der Waals surface area contributed by atoms with Crippen LogP contribution in [-0.2, 0) is 0 Å². The Morgan fingerprint density at radius 1 is 1.00 bits per heavy atom. The third kappa shape index (κ3) is 4.66. The molecule has 1 aromatic heterocycles. The number of carbonyl (C=O) groups is 1. The van der Waals surface area contributed by atoms with E-state index >= 15 is 0 Å². The van der Waals surface area contributed by atoms with Gasteiger partial charge in [-0.05, 0) is 64.1 Å². The van der Waals surface area contributed by atoms with E-state index in [0.29, 0.717) is 70.2 Å². The molecule has 0 radical (unpaired) electrons. The third-order valence-electron chi connectivity index (χ3n) is 7.71. The molecule has 6 rings (SSSR count). The summed E-state index contributed by atoms with van der Waals surface area (Å²) in [5.74, 6) is 1.06. The van der Waals surface area contributed by atoms with Gasteiger partial charge in [-0.3, -0.25) is 19.6 Å². The van der Waals surface area contributed by atoms with Crippen molar-refractivity contribution in [2.45, 2.75) is 45.8 Å². The number of guanidine groups is 1. The van der Waals surface area contributed by atoms with Crippen LogP contribution in [0, 0.1) is 0 Å². The molecule has 2 atom stereocenters. The molecule has 0 aliphatic carbocycles. The number of fused-ring (bicyclic) bond motifs is 3. The quantitative estimate of drug-likeness (QED) is 0.417. The second kappa shape index (κ2) is 10.5. The lowest BCUT2D eigenvalue weighted by atomic mass is 10.0. The van der Waals surface area contributed by atoms with E-state index in [-0.39, 0.29) is 5.91 Å². The van der Waals surface area contributed by atoms with Crippen LogP contribution in [0.5, 0.6) is 0 Å². The molecule has 11 heteroatoms. The highest BCUT2D eigenvalue weighted by atomic mass is 35.5. The van der Waals surface area contributed by atoms with Crippen molar-refractivity contribution in [3.8, 4) is 0 Å². The van der Waals surface area contributed by atoms with Gasteiger partial charge in [0.15, 0.2) is 5.82 Å². The first-order valence-electron chi connectivity index (χ1n) is 13.6. The van der Waals surface area contributed by atoms with Crippen molar-refractivity contribution >= 4 is 63.9 Å². The van der Waals surface area contributed by atoms with Gasteiger partial charge < -0.3 is 10.2 Å². The number of nitrogens with one attached hydrogen (secondary N) is 1. The van der Waals surface area contributed by atoms with Crippen LogP contribution in [0.15, 0.2) is 53.7 Å². The molecular weight excluding hydrogens is 547 g/mol. The second-order valence-corrected chi connectivity index (χ2v) is 11.6. The predicted octanol–water partition coefficient (Wildman–Crippen LogP) is 5.67. The Morgan fingerprint density at radius 2 is 1.68 bits per heavy atom. The van der Waals surface area contributed by atoms with E-state index < -0.39 is 0 Å². The zero-order valence-corrected chi connectivity index (χ0v) is 24.5. The summed E-state index contributed by atoms with van der Waals surface area (Å²) in [5.41, 5.74) is 2.83. The molecule has 1 fully saturated rings. The highest BCUT2D eigenvalue weighted by Crippen LogP contribution is 2.39. The van der Waals surface area contributed by atoms with Crippen LogP contribution in [0.2, 0.25) is 10.0 Å². The molecule has 3 aliphatic rings. The van der Waals surface area contributed by atoms with Crippen LogP contribution in [0.4, 0.5) is 28.8 Å². The molecule has 9 nitrogen and oxygen atoms in total. The maximum atomic E-state index is 13.6. The van der Waals surface area contributed by atoms with E-state index in [1.165, 1.54) is 10.6 Å². The topological polar surface area (TPSA) is 80.2 Å². The van der Waals surface area contributed by atoms with E-state index in [9.17, 15) is 4.79 Å². The van der Waals surface area contributed by atoms with Crippen molar-refractivity contribution in [3.63, 3.8) is 0 Å². The van der Waals surface area contributed by atoms with E-state index in [1.54, 1.807) is 24.4 Å². The fourth-order valence-corrected chi connectivity index (χ4v) is 6.75. The maximum absolute atomic E-state index is 13.6. The summed E-state index contributed by atoms with van der Waals surface area (Å²) in [5, 5.41) is 4.03. The number of aliphatic imine (C=N–C) groups is 1. The van der Waals surface area contributed by atoms with Gasteiger partial charge in [0.25, 0.3) is 5.91 Å². The number of aromatic nitrogens is 2. The lowest BCUT2D eigenvalue weighted by Crippen LogP contribution is -2.58. The van der Waals surface area contributed by atoms with E-state index in [1.807, 2.05) is 17.0 Å². The summed E-state index contributed by atoms with van der Waals surface area (Å²) in [6.45, 7) is 12.2. The van der Waals surface area contributed by atoms with Gasteiger partial charge >= 0.3 is 0 Å². The van der Waals surface area contributed by atoms with Crippen LogP contribution >= 0.6 is 23.2 Å². The number of anilines is 5. The first-order chi connectivity index (χ1) is 19.2. The lowest BCUT2D eigenvalue weighted by molar-refractivity contribution is 0.0954. The zero-order valence-electron chi connectivity index (χ0n) is 23.0. The molecule has 3 aliphatic heterocycles. The third-order valence-corrected chi connectivity index (χ3v) is 8.32. The summed E-state index contributed by atoms with van der Waals surface area (Å²) in [6, 6.07) is 15.0. The van der Waals surface area contributed by atoms with Gasteiger partial charge in [-0.1, -0.05) is 29.3 Å². The standard InChI is InChI=1S/C29H32Cl2N8O/c1-17(2)38-18(3)15-36(16-19(38)4)21-10-8-20(9-11-21)34-28-33-14-22-26(35-28)37-13-12-32-29(37)39(27(22)40)25-23(30)6-5-7-24(25)31/h5-11,14,17-19H,12-13,15-16H2,1-4H3,(H,33,34,35)/t18-,19-/m0/s1. The number of carbonyl (C=O) groups excluding carboxylic acids is 1. The average Bonchev–Trinajstić information content (AvgIpc) is 3.40. The molecule has 0 saturated carbocycles. The SMILES string of the molecule is CC(C)N1[C@@H](C)CN(c2ccc(Nc3ncc4c(n3)N3CCN=C3N(c3c(Cl)cccc3Cl)C4=O)cc2)C[C@@H]1C. The highest BCUT2D eigenvalue weighted by Gasteiger charge is 2.41. The normalized spacial score (nSPS) is 21.0. The lowest BCUT2D eigenvalue weighted by Gasteiger charge is -2.47. The molecule has 1 amide bonds. The summed E-state index contributed by atoms with van der Waals surface area (Å²) in [4.78, 5) is 35.8. The Hall–Kier alpha value is -3.40. The maximum Gasteiger partial charge on any atom is 0.270 e. The van der Waals surface area contributed by atoms with Crippen molar-refractivity contribution in [1.29, 1.82) is 0 Å². The minimum Gasteiger partial charge on any atom is -0.368 e. The molecule has 1 saturated heterocycles. The second-order valence-electron chi connectivity index (χ2n) is 10.8. The van der Waals surface area contributed by atoms with Crippen molar-refractivity contribution in [2.75, 3.05) is 46.2 Å². The summed E-state index contributed by atoms with van der Waals surface area (Å²) in [7, 11) is 0. The monoisotopic (exact) mass is 578 g/mol. The molecule has 0 unspecified atom stereocenters. The Kier molecular flexibility index (Phi) is 7.06. The number of halogens is 2. The van der Waals surface area contributed by atoms with Gasteiger partial charge in [-0.2, -0.15) is 4.98 Å². The highest BCUT2D eigenvalue weighted by molar-refractivity contribution is 6.43. The number of hydrogen-bond acceptors (Lipinski definition) is 8. The van der Waals surface area contributed by atoms with Crippen LogP contribution < -0.4 is 20.0 Å². The van der Waals surface area contributed by atoms with Gasteiger partial charge in [0, 0.05) is 55.3 Å². The fourth-order valence-electron chi connectivity index (χ4n) is 6.18. The Morgan fingerprint density at radius 3 is 2.33 bits per heavy atom. The minimum absolute atomic E-state index is 0.321. The minimum atomic E-state index is -0.321. The van der Waals surface area contributed by atoms with Crippen molar-refractivity contribution in [2.24, 2.45) is 4.99 Å². The molecule has 3 aromatic rings. The zero-order chi connectivity index (χ0) is 28.1. The number of hydrogen-bond donors (Lipinski definition) is 1. The number of nitrogens with zero attached hydrogens (tertiary/aromatic N) is 7. The Labute approximate surface area is 244 Å². The molecule has 4 heterocycles. The average molecular weight is 580 g/mol. The van der Waals surface area contributed by atoms with Crippen LogP contribution in [0.1, 0.15) is 38.1 Å². The van der Waals surface area contributed by atoms with Crippen molar-refractivity contribution in [3.05, 3.63) is 64.3 Å². The summed E-state index contributed by atoms with van der Waals surface area (Å²) >= 11 is 12.9. The molecule has 0 spiro atoms. The van der Waals surface area contributed by atoms with Gasteiger partial charge in [-0.15, -0.1) is 0 Å². The van der Waals surface area contributed by atoms with Crippen LogP contribution in [-0.4, -0.2) is 71.0 Å². The van der Waals surface area contributed by atoms with Crippen molar-refractivity contribution in [1.82, 2.24) is 14.9 Å². The smallest absolute Gasteiger partial charge is 0.270 e. The van der Waals surface area contributed by atoms with Crippen molar-refractivity contribution < 1.29 is 4.79 Å². The van der Waals surface area contributed by atoms with E-state index in [2.05, 4.69) is 64.9 Å². The number of rotatable bonds is 5. The summed E-state index contributed by atoms with van der Waals surface area (Å²) < 4.78 is 0. The Bertz CT molecular complexity index is 1450. The van der Waals surface area contributed by atoms with E-state index in [4.69, 9.17) is 28.2 Å². The number of benzene rings is 2. The molecule has 208 valence electrons. The van der Waals surface area contributed by atoms with Gasteiger partial charge in [-0.25, -0.2) is 9.88 Å². The van der Waals surface area contributed by atoms with Gasteiger partial charge in [0.1, 0.15) is 5.56 Å². The van der Waals surface area contributed by atoms with Crippen LogP contribution in [0.3, 0.4) is 0 Å². The molecule has 0 bridgehead atoms. The molecular formula is C29H32Cl2N8O. The largest absolute Gasteiger partial charge is 0.368 e. The van der Waals surface area contributed by atoms with E-state index in [0.717, 1.165) is 18.8 Å². The Balaban J connectivity index is 1.22. The van der Waals surface area contributed by atoms with Crippen LogP contribution in [0.25, 0.3) is 0 Å². The molecule has 1 N–H and O–H groups in total. The number of piperazine rings is 1. The first kappa shape index (κ1) is 26.8. The molecule has 40 heavy (non-hydrogen) atoms. The fraction of sp³-hybridized carbons (Fsp3) is 0.379.